The molecule has 0 aliphatic rings. The normalized spacial score (nSPS) is 10.6. The number of aryl methyl sites for hydroxylation is 2. The third-order valence-electron chi connectivity index (χ3n) is 2.44. The van der Waals surface area contributed by atoms with Crippen molar-refractivity contribution in [2.24, 2.45) is 7.05 Å². The van der Waals surface area contributed by atoms with E-state index in [1.54, 1.807) is 23.9 Å². The van der Waals surface area contributed by atoms with Crippen LogP contribution in [0.15, 0.2) is 23.0 Å². The van der Waals surface area contributed by atoms with Crippen LogP contribution >= 0.6 is 0 Å². The Morgan fingerprint density at radius 3 is 2.80 bits per heavy atom. The van der Waals surface area contributed by atoms with E-state index in [9.17, 15) is 4.79 Å². The van der Waals surface area contributed by atoms with Crippen molar-refractivity contribution in [3.63, 3.8) is 0 Å². The highest BCUT2D eigenvalue weighted by Gasteiger charge is 2.09. The minimum Gasteiger partial charge on any atom is -0.493 e. The van der Waals surface area contributed by atoms with Crippen LogP contribution in [0.25, 0.3) is 10.9 Å². The standard InChI is InChI=1S/C11H12N2O2/c1-7-8-5-4-6-9(15-3)11(14)10(8)13(2)12-7/h4-6H,1-3H3. The second kappa shape index (κ2) is 3.38. The topological polar surface area (TPSA) is 44.1 Å². The highest BCUT2D eigenvalue weighted by atomic mass is 16.5. The molecule has 2 rings (SSSR count). The van der Waals surface area contributed by atoms with Crippen molar-refractivity contribution in [2.75, 3.05) is 7.11 Å². The lowest BCUT2D eigenvalue weighted by Crippen LogP contribution is -2.06. The summed E-state index contributed by atoms with van der Waals surface area (Å²) in [6, 6.07) is 5.35. The lowest BCUT2D eigenvalue weighted by molar-refractivity contribution is 0.411. The first-order chi connectivity index (χ1) is 7.15. The minimum absolute atomic E-state index is 0.124. The molecule has 0 saturated heterocycles. The summed E-state index contributed by atoms with van der Waals surface area (Å²) < 4.78 is 6.62. The summed E-state index contributed by atoms with van der Waals surface area (Å²) in [4.78, 5) is 12.0. The van der Waals surface area contributed by atoms with Crippen LogP contribution in [0.5, 0.6) is 5.75 Å². The molecule has 0 aliphatic heterocycles. The molecule has 78 valence electrons. The van der Waals surface area contributed by atoms with Crippen LogP contribution in [-0.2, 0) is 7.05 Å². The third kappa shape index (κ3) is 1.38. The van der Waals surface area contributed by atoms with Crippen molar-refractivity contribution < 1.29 is 4.74 Å². The molecule has 15 heavy (non-hydrogen) atoms. The first-order valence-electron chi connectivity index (χ1n) is 4.65. The fraction of sp³-hybridized carbons (Fsp3) is 0.273. The lowest BCUT2D eigenvalue weighted by Gasteiger charge is -1.93. The molecular formula is C11H12N2O2. The molecule has 0 spiro atoms. The summed E-state index contributed by atoms with van der Waals surface area (Å²) >= 11 is 0. The van der Waals surface area contributed by atoms with Gasteiger partial charge in [0.2, 0.25) is 5.43 Å². The van der Waals surface area contributed by atoms with Gasteiger partial charge in [-0.15, -0.1) is 0 Å². The van der Waals surface area contributed by atoms with Crippen LogP contribution in [0.1, 0.15) is 5.69 Å². The van der Waals surface area contributed by atoms with Gasteiger partial charge in [0.1, 0.15) is 5.52 Å². The Morgan fingerprint density at radius 2 is 2.13 bits per heavy atom. The van der Waals surface area contributed by atoms with Gasteiger partial charge in [-0.2, -0.15) is 5.10 Å². The van der Waals surface area contributed by atoms with E-state index < -0.39 is 0 Å². The SMILES string of the molecule is COc1cccc2c(C)nn(C)c2c1=O. The maximum absolute atomic E-state index is 12.0. The first-order valence-corrected chi connectivity index (χ1v) is 4.65. The highest BCUT2D eigenvalue weighted by molar-refractivity contribution is 5.81. The summed E-state index contributed by atoms with van der Waals surface area (Å²) in [5.41, 5.74) is 1.30. The van der Waals surface area contributed by atoms with Crippen molar-refractivity contribution in [1.29, 1.82) is 0 Å². The number of fused-ring (bicyclic) bond motifs is 1. The molecule has 1 aromatic heterocycles. The molecule has 2 aromatic rings. The van der Waals surface area contributed by atoms with Gasteiger partial charge in [0.25, 0.3) is 0 Å². The Bertz CT molecular complexity index is 573. The molecule has 0 radical (unpaired) electrons. The van der Waals surface area contributed by atoms with Gasteiger partial charge in [-0.05, 0) is 13.0 Å². The monoisotopic (exact) mass is 204 g/mol. The average Bonchev–Trinajstić information content (AvgIpc) is 2.39. The second-order valence-corrected chi connectivity index (χ2v) is 3.39. The van der Waals surface area contributed by atoms with Crippen LogP contribution in [0, 0.1) is 6.92 Å². The van der Waals surface area contributed by atoms with Crippen LogP contribution in [-0.4, -0.2) is 16.9 Å². The average molecular weight is 204 g/mol. The Kier molecular flexibility index (Phi) is 2.19. The van der Waals surface area contributed by atoms with E-state index in [4.69, 9.17) is 4.74 Å². The molecule has 4 heteroatoms. The van der Waals surface area contributed by atoms with E-state index in [2.05, 4.69) is 5.10 Å². The number of methoxy groups -OCH3 is 1. The fourth-order valence-electron chi connectivity index (χ4n) is 1.73. The number of hydrogen-bond donors (Lipinski definition) is 0. The van der Waals surface area contributed by atoms with Gasteiger partial charge in [-0.3, -0.25) is 9.48 Å². The largest absolute Gasteiger partial charge is 0.493 e. The summed E-state index contributed by atoms with van der Waals surface area (Å²) in [6.07, 6.45) is 0. The van der Waals surface area contributed by atoms with Gasteiger partial charge in [-0.25, -0.2) is 0 Å². The molecular weight excluding hydrogens is 192 g/mol. The molecule has 0 bridgehead atoms. The highest BCUT2D eigenvalue weighted by Crippen LogP contribution is 2.15. The number of ether oxygens (including phenoxy) is 1. The zero-order valence-corrected chi connectivity index (χ0v) is 8.94. The van der Waals surface area contributed by atoms with Crippen molar-refractivity contribution in [3.8, 4) is 5.75 Å². The number of rotatable bonds is 1. The molecule has 0 N–H and O–H groups in total. The number of nitrogens with zero attached hydrogens (tertiary/aromatic N) is 2. The number of hydrogen-bond acceptors (Lipinski definition) is 3. The Hall–Kier alpha value is -1.84. The molecule has 0 atom stereocenters. The summed E-state index contributed by atoms with van der Waals surface area (Å²) in [7, 11) is 3.25. The van der Waals surface area contributed by atoms with Crippen molar-refractivity contribution in [3.05, 3.63) is 34.1 Å². The summed E-state index contributed by atoms with van der Waals surface area (Å²) in [5.74, 6) is 0.341. The Labute approximate surface area is 87.1 Å². The number of aromatic nitrogens is 2. The first kappa shape index (κ1) is 9.71. The molecule has 0 unspecified atom stereocenters. The smallest absolute Gasteiger partial charge is 0.246 e. The molecule has 0 aliphatic carbocycles. The fourth-order valence-corrected chi connectivity index (χ4v) is 1.73. The van der Waals surface area contributed by atoms with Gasteiger partial charge < -0.3 is 4.74 Å². The van der Waals surface area contributed by atoms with Gasteiger partial charge in [-0.1, -0.05) is 12.1 Å². The zero-order valence-electron chi connectivity index (χ0n) is 8.94. The van der Waals surface area contributed by atoms with Crippen LogP contribution in [0.4, 0.5) is 0 Å². The zero-order chi connectivity index (χ0) is 11.0. The predicted molar refractivity (Wildman–Crippen MR) is 58.3 cm³/mol. The minimum atomic E-state index is -0.124. The molecule has 0 saturated carbocycles. The van der Waals surface area contributed by atoms with E-state index in [1.807, 2.05) is 13.0 Å². The summed E-state index contributed by atoms with van der Waals surface area (Å²) in [5, 5.41) is 5.08. The Balaban J connectivity index is 3.03. The van der Waals surface area contributed by atoms with Crippen molar-refractivity contribution >= 4 is 10.9 Å². The molecule has 4 nitrogen and oxygen atoms in total. The van der Waals surface area contributed by atoms with E-state index in [0.717, 1.165) is 11.1 Å². The molecule has 0 amide bonds. The molecule has 0 fully saturated rings. The maximum Gasteiger partial charge on any atom is 0.246 e. The third-order valence-corrected chi connectivity index (χ3v) is 2.44. The van der Waals surface area contributed by atoms with Crippen molar-refractivity contribution in [1.82, 2.24) is 9.78 Å². The second-order valence-electron chi connectivity index (χ2n) is 3.39. The summed E-state index contributed by atoms with van der Waals surface area (Å²) in [6.45, 7) is 1.88. The maximum atomic E-state index is 12.0. The Morgan fingerprint density at radius 1 is 1.40 bits per heavy atom. The van der Waals surface area contributed by atoms with Crippen LogP contribution < -0.4 is 10.2 Å². The van der Waals surface area contributed by atoms with Gasteiger partial charge in [0.15, 0.2) is 5.75 Å². The van der Waals surface area contributed by atoms with Crippen LogP contribution in [0.3, 0.4) is 0 Å². The van der Waals surface area contributed by atoms with Crippen LogP contribution in [0.2, 0.25) is 0 Å². The van der Waals surface area contributed by atoms with Gasteiger partial charge in [0, 0.05) is 12.4 Å². The van der Waals surface area contributed by atoms with Gasteiger partial charge in [0.05, 0.1) is 12.8 Å². The van der Waals surface area contributed by atoms with Crippen molar-refractivity contribution in [2.45, 2.75) is 6.92 Å². The molecule has 1 heterocycles. The quantitative estimate of drug-likeness (QED) is 0.702. The predicted octanol–water partition coefficient (Wildman–Crippen LogP) is 1.25. The van der Waals surface area contributed by atoms with E-state index in [1.165, 1.54) is 7.11 Å². The van der Waals surface area contributed by atoms with E-state index >= 15 is 0 Å². The van der Waals surface area contributed by atoms with Gasteiger partial charge >= 0.3 is 0 Å². The van der Waals surface area contributed by atoms with E-state index in [-0.39, 0.29) is 5.43 Å². The van der Waals surface area contributed by atoms with E-state index in [0.29, 0.717) is 11.3 Å². The molecule has 1 aromatic carbocycles. The lowest BCUT2D eigenvalue weighted by atomic mass is 10.3.